The SMILES string of the molecule is O=C(Nc1ccc(-c2cn3ccsc3n2)cc1)c1cccc(S(=O)(=O)N2CCCCCC2)c1. The number of carbonyl (C=O) groups excluding carboxylic acids is 1. The summed E-state index contributed by atoms with van der Waals surface area (Å²) in [6.07, 6.45) is 7.76. The standard InChI is InChI=1S/C24H24N4O3S2/c29-23(19-6-5-7-21(16-19)33(30,31)28-12-3-1-2-4-13-28)25-20-10-8-18(9-11-20)22-17-27-14-15-32-24(27)26-22/h5-11,14-17H,1-4,12-13H2,(H,25,29). The van der Waals surface area contributed by atoms with Gasteiger partial charge in [-0.1, -0.05) is 31.0 Å². The maximum absolute atomic E-state index is 13.1. The van der Waals surface area contributed by atoms with E-state index >= 15 is 0 Å². The Morgan fingerprint density at radius 1 is 1.00 bits per heavy atom. The summed E-state index contributed by atoms with van der Waals surface area (Å²) < 4.78 is 29.7. The second-order valence-corrected chi connectivity index (χ2v) is 10.9. The molecule has 170 valence electrons. The molecule has 0 radical (unpaired) electrons. The van der Waals surface area contributed by atoms with Crippen molar-refractivity contribution in [1.29, 1.82) is 0 Å². The van der Waals surface area contributed by atoms with Crippen molar-refractivity contribution in [2.75, 3.05) is 18.4 Å². The molecular formula is C24H24N4O3S2. The van der Waals surface area contributed by atoms with Crippen LogP contribution in [0, 0.1) is 0 Å². The van der Waals surface area contributed by atoms with E-state index in [4.69, 9.17) is 0 Å². The molecule has 2 aromatic carbocycles. The summed E-state index contributed by atoms with van der Waals surface area (Å²) >= 11 is 1.57. The van der Waals surface area contributed by atoms with E-state index in [1.807, 2.05) is 46.4 Å². The van der Waals surface area contributed by atoms with Crippen LogP contribution < -0.4 is 5.32 Å². The van der Waals surface area contributed by atoms with Crippen LogP contribution in [0.2, 0.25) is 0 Å². The number of amides is 1. The van der Waals surface area contributed by atoms with Crippen LogP contribution >= 0.6 is 11.3 Å². The third-order valence-corrected chi connectivity index (χ3v) is 8.50. The number of anilines is 1. The topological polar surface area (TPSA) is 83.8 Å². The lowest BCUT2D eigenvalue weighted by Crippen LogP contribution is -2.32. The van der Waals surface area contributed by atoms with E-state index in [0.717, 1.165) is 41.9 Å². The number of aromatic nitrogens is 2. The van der Waals surface area contributed by atoms with Crippen molar-refractivity contribution in [2.24, 2.45) is 0 Å². The second kappa shape index (κ2) is 9.09. The first kappa shape index (κ1) is 21.8. The number of hydrogen-bond acceptors (Lipinski definition) is 5. The fourth-order valence-electron chi connectivity index (χ4n) is 4.02. The molecule has 2 aromatic heterocycles. The highest BCUT2D eigenvalue weighted by atomic mass is 32.2. The van der Waals surface area contributed by atoms with Gasteiger partial charge in [0.2, 0.25) is 10.0 Å². The van der Waals surface area contributed by atoms with Gasteiger partial charge in [-0.3, -0.25) is 9.20 Å². The zero-order chi connectivity index (χ0) is 22.8. The Morgan fingerprint density at radius 3 is 2.48 bits per heavy atom. The van der Waals surface area contributed by atoms with Gasteiger partial charge in [-0.25, -0.2) is 13.4 Å². The molecule has 1 fully saturated rings. The molecule has 1 saturated heterocycles. The number of nitrogens with zero attached hydrogens (tertiary/aromatic N) is 3. The molecule has 0 saturated carbocycles. The first-order valence-corrected chi connectivity index (χ1v) is 13.3. The molecule has 33 heavy (non-hydrogen) atoms. The lowest BCUT2D eigenvalue weighted by atomic mass is 10.1. The minimum absolute atomic E-state index is 0.159. The number of thiazole rings is 1. The highest BCUT2D eigenvalue weighted by Crippen LogP contribution is 2.24. The number of imidazole rings is 1. The molecule has 3 heterocycles. The van der Waals surface area contributed by atoms with Gasteiger partial charge in [0.25, 0.3) is 5.91 Å². The summed E-state index contributed by atoms with van der Waals surface area (Å²) in [5.41, 5.74) is 2.76. The molecule has 1 aliphatic rings. The lowest BCUT2D eigenvalue weighted by molar-refractivity contribution is 0.102. The average Bonchev–Trinajstić information content (AvgIpc) is 3.32. The monoisotopic (exact) mass is 480 g/mol. The van der Waals surface area contributed by atoms with Gasteiger partial charge in [0.15, 0.2) is 4.96 Å². The van der Waals surface area contributed by atoms with Crippen LogP contribution in [-0.2, 0) is 10.0 Å². The first-order valence-electron chi connectivity index (χ1n) is 10.9. The third-order valence-electron chi connectivity index (χ3n) is 5.83. The summed E-state index contributed by atoms with van der Waals surface area (Å²) in [4.78, 5) is 18.5. The van der Waals surface area contributed by atoms with E-state index in [1.54, 1.807) is 29.5 Å². The molecular weight excluding hydrogens is 456 g/mol. The number of benzene rings is 2. The third kappa shape index (κ3) is 4.57. The molecule has 1 N–H and O–H groups in total. The molecule has 0 aliphatic carbocycles. The van der Waals surface area contributed by atoms with Crippen LogP contribution in [0.1, 0.15) is 36.0 Å². The van der Waals surface area contributed by atoms with Gasteiger partial charge in [-0.05, 0) is 43.2 Å². The van der Waals surface area contributed by atoms with Crippen molar-refractivity contribution in [2.45, 2.75) is 30.6 Å². The molecule has 0 spiro atoms. The predicted molar refractivity (Wildman–Crippen MR) is 130 cm³/mol. The van der Waals surface area contributed by atoms with Crippen LogP contribution in [0.15, 0.2) is 71.2 Å². The number of fused-ring (bicyclic) bond motifs is 1. The van der Waals surface area contributed by atoms with Crippen LogP contribution in [0.25, 0.3) is 16.2 Å². The lowest BCUT2D eigenvalue weighted by Gasteiger charge is -2.20. The molecule has 9 heteroatoms. The number of nitrogens with one attached hydrogen (secondary N) is 1. The summed E-state index contributed by atoms with van der Waals surface area (Å²) in [5, 5.41) is 4.84. The van der Waals surface area contributed by atoms with Gasteiger partial charge in [-0.2, -0.15) is 4.31 Å². The summed E-state index contributed by atoms with van der Waals surface area (Å²) in [5.74, 6) is -0.349. The maximum Gasteiger partial charge on any atom is 0.255 e. The van der Waals surface area contributed by atoms with Crippen molar-refractivity contribution >= 4 is 37.9 Å². The Bertz CT molecular complexity index is 1350. The highest BCUT2D eigenvalue weighted by molar-refractivity contribution is 7.89. The molecule has 0 atom stereocenters. The van der Waals surface area contributed by atoms with E-state index in [1.165, 1.54) is 10.4 Å². The van der Waals surface area contributed by atoms with Crippen LogP contribution in [-0.4, -0.2) is 41.1 Å². The van der Waals surface area contributed by atoms with Gasteiger partial charge in [0.05, 0.1) is 10.6 Å². The fourth-order valence-corrected chi connectivity index (χ4v) is 6.29. The van der Waals surface area contributed by atoms with Gasteiger partial charge in [0, 0.05) is 47.7 Å². The van der Waals surface area contributed by atoms with Crippen molar-refractivity contribution in [3.8, 4) is 11.3 Å². The number of carbonyl (C=O) groups is 1. The molecule has 1 aliphatic heterocycles. The largest absolute Gasteiger partial charge is 0.322 e. The predicted octanol–water partition coefficient (Wildman–Crippen LogP) is 4.88. The van der Waals surface area contributed by atoms with Crippen molar-refractivity contribution in [3.05, 3.63) is 71.9 Å². The van der Waals surface area contributed by atoms with Crippen LogP contribution in [0.5, 0.6) is 0 Å². The van der Waals surface area contributed by atoms with Crippen molar-refractivity contribution in [3.63, 3.8) is 0 Å². The molecule has 1 amide bonds. The van der Waals surface area contributed by atoms with Gasteiger partial charge >= 0.3 is 0 Å². The molecule has 0 unspecified atom stereocenters. The zero-order valence-corrected chi connectivity index (χ0v) is 19.6. The number of sulfonamides is 1. The first-order chi connectivity index (χ1) is 16.0. The van der Waals surface area contributed by atoms with E-state index < -0.39 is 10.0 Å². The smallest absolute Gasteiger partial charge is 0.255 e. The van der Waals surface area contributed by atoms with E-state index in [9.17, 15) is 13.2 Å². The quantitative estimate of drug-likeness (QED) is 0.441. The average molecular weight is 481 g/mol. The highest BCUT2D eigenvalue weighted by Gasteiger charge is 2.25. The summed E-state index contributed by atoms with van der Waals surface area (Å²) in [6.45, 7) is 1.06. The minimum Gasteiger partial charge on any atom is -0.322 e. The van der Waals surface area contributed by atoms with E-state index in [-0.39, 0.29) is 10.8 Å². The summed E-state index contributed by atoms with van der Waals surface area (Å²) in [7, 11) is -3.61. The Labute approximate surface area is 196 Å². The normalized spacial score (nSPS) is 15.4. The van der Waals surface area contributed by atoms with Gasteiger partial charge in [0.1, 0.15) is 0 Å². The van der Waals surface area contributed by atoms with Crippen LogP contribution in [0.4, 0.5) is 5.69 Å². The Morgan fingerprint density at radius 2 is 1.76 bits per heavy atom. The van der Waals surface area contributed by atoms with E-state index in [2.05, 4.69) is 10.3 Å². The van der Waals surface area contributed by atoms with Crippen LogP contribution in [0.3, 0.4) is 0 Å². The molecule has 5 rings (SSSR count). The van der Waals surface area contributed by atoms with Gasteiger partial charge < -0.3 is 5.32 Å². The summed E-state index contributed by atoms with van der Waals surface area (Å²) in [6, 6.07) is 13.7. The zero-order valence-electron chi connectivity index (χ0n) is 18.0. The number of rotatable bonds is 5. The van der Waals surface area contributed by atoms with Gasteiger partial charge in [-0.15, -0.1) is 11.3 Å². The molecule has 0 bridgehead atoms. The minimum atomic E-state index is -3.61. The van der Waals surface area contributed by atoms with E-state index in [0.29, 0.717) is 24.3 Å². The Kier molecular flexibility index (Phi) is 6.01. The Hall–Kier alpha value is -3.01. The maximum atomic E-state index is 13.1. The van der Waals surface area contributed by atoms with Crippen molar-refractivity contribution in [1.82, 2.24) is 13.7 Å². The molecule has 7 nitrogen and oxygen atoms in total. The van der Waals surface area contributed by atoms with Crippen molar-refractivity contribution < 1.29 is 13.2 Å². The molecule has 4 aromatic rings. The fraction of sp³-hybridized carbons (Fsp3) is 0.250. The number of hydrogen-bond donors (Lipinski definition) is 1. The second-order valence-electron chi connectivity index (χ2n) is 8.10. The Balaban J connectivity index is 1.31.